The van der Waals surface area contributed by atoms with Gasteiger partial charge in [0, 0.05) is 51.7 Å². The number of hydrogen-bond acceptors (Lipinski definition) is 5. The third kappa shape index (κ3) is 6.70. The molecule has 0 unspecified atom stereocenters. The van der Waals surface area contributed by atoms with Gasteiger partial charge >= 0.3 is 0 Å². The van der Waals surface area contributed by atoms with E-state index in [4.69, 9.17) is 16.3 Å². The van der Waals surface area contributed by atoms with Crippen LogP contribution in [0.3, 0.4) is 0 Å². The number of carbonyl (C=O) groups is 1. The van der Waals surface area contributed by atoms with Crippen molar-refractivity contribution in [3.63, 3.8) is 0 Å². The third-order valence-corrected chi connectivity index (χ3v) is 6.01. The molecule has 0 aliphatic carbocycles. The number of nitrogens with one attached hydrogen (secondary N) is 1. The first-order chi connectivity index (χ1) is 16.2. The minimum absolute atomic E-state index is 0.111. The van der Waals surface area contributed by atoms with Gasteiger partial charge in [-0.2, -0.15) is 0 Å². The maximum Gasteiger partial charge on any atom is 0.252 e. The summed E-state index contributed by atoms with van der Waals surface area (Å²) in [7, 11) is 0. The smallest absolute Gasteiger partial charge is 0.252 e. The number of ether oxygens (including phenoxy) is 1. The van der Waals surface area contributed by atoms with Crippen LogP contribution in [0.15, 0.2) is 73.1 Å². The molecule has 3 aromatic rings. The van der Waals surface area contributed by atoms with Gasteiger partial charge in [-0.05, 0) is 48.4 Å². The Morgan fingerprint density at radius 3 is 2.52 bits per heavy atom. The van der Waals surface area contributed by atoms with Crippen molar-refractivity contribution in [2.24, 2.45) is 0 Å². The first kappa shape index (κ1) is 23.1. The third-order valence-electron chi connectivity index (χ3n) is 5.69. The number of hydrogen-bond donors (Lipinski definition) is 1. The fourth-order valence-electron chi connectivity index (χ4n) is 3.87. The molecule has 0 radical (unpaired) electrons. The number of pyridine rings is 1. The van der Waals surface area contributed by atoms with Gasteiger partial charge in [-0.3, -0.25) is 14.7 Å². The van der Waals surface area contributed by atoms with Gasteiger partial charge in [-0.25, -0.2) is 0 Å². The summed E-state index contributed by atoms with van der Waals surface area (Å²) in [6.07, 6.45) is 3.95. The van der Waals surface area contributed by atoms with E-state index < -0.39 is 0 Å². The highest BCUT2D eigenvalue weighted by Crippen LogP contribution is 2.26. The predicted molar refractivity (Wildman–Crippen MR) is 132 cm³/mol. The molecular weight excluding hydrogens is 436 g/mol. The Kier molecular flexibility index (Phi) is 8.17. The molecule has 33 heavy (non-hydrogen) atoms. The Hall–Kier alpha value is -3.09. The standard InChI is InChI=1S/C26H29ClN4O2/c27-24-6-1-2-7-25(24)31-16-14-30(15-17-31)20-21-8-10-23(11-9-21)33-18-4-13-29-26(32)22-5-3-12-28-19-22/h1-3,5-12,19H,4,13-18,20H2,(H,29,32). The first-order valence-corrected chi connectivity index (χ1v) is 11.7. The van der Waals surface area contributed by atoms with Crippen molar-refractivity contribution in [2.75, 3.05) is 44.2 Å². The van der Waals surface area contributed by atoms with Crippen LogP contribution in [0.4, 0.5) is 5.69 Å². The Morgan fingerprint density at radius 2 is 1.79 bits per heavy atom. The normalized spacial score (nSPS) is 14.2. The lowest BCUT2D eigenvalue weighted by Gasteiger charge is -2.36. The van der Waals surface area contributed by atoms with Crippen LogP contribution < -0.4 is 15.0 Å². The molecule has 2 aromatic carbocycles. The molecule has 1 amide bonds. The van der Waals surface area contributed by atoms with Crippen molar-refractivity contribution in [1.82, 2.24) is 15.2 Å². The molecule has 0 bridgehead atoms. The summed E-state index contributed by atoms with van der Waals surface area (Å²) >= 11 is 6.34. The van der Waals surface area contributed by atoms with Crippen molar-refractivity contribution >= 4 is 23.2 Å². The average Bonchev–Trinajstić information content (AvgIpc) is 2.86. The van der Waals surface area contributed by atoms with E-state index in [-0.39, 0.29) is 5.91 Å². The molecule has 0 atom stereocenters. The van der Waals surface area contributed by atoms with E-state index in [1.165, 1.54) is 5.56 Å². The van der Waals surface area contributed by atoms with E-state index in [1.54, 1.807) is 24.5 Å². The van der Waals surface area contributed by atoms with Crippen LogP contribution in [0.25, 0.3) is 0 Å². The van der Waals surface area contributed by atoms with Gasteiger partial charge in [-0.15, -0.1) is 0 Å². The molecule has 1 N–H and O–H groups in total. The van der Waals surface area contributed by atoms with Crippen molar-refractivity contribution < 1.29 is 9.53 Å². The van der Waals surface area contributed by atoms with Crippen molar-refractivity contribution in [3.8, 4) is 5.75 Å². The molecule has 4 rings (SSSR count). The molecule has 1 fully saturated rings. The van der Waals surface area contributed by atoms with Gasteiger partial charge in [0.2, 0.25) is 0 Å². The second-order valence-electron chi connectivity index (χ2n) is 8.06. The highest BCUT2D eigenvalue weighted by atomic mass is 35.5. The second-order valence-corrected chi connectivity index (χ2v) is 8.47. The largest absolute Gasteiger partial charge is 0.494 e. The summed E-state index contributed by atoms with van der Waals surface area (Å²) < 4.78 is 5.82. The van der Waals surface area contributed by atoms with E-state index in [0.717, 1.165) is 55.6 Å². The van der Waals surface area contributed by atoms with Crippen molar-refractivity contribution in [3.05, 3.63) is 89.2 Å². The molecule has 0 saturated carbocycles. The summed E-state index contributed by atoms with van der Waals surface area (Å²) in [5.41, 5.74) is 2.97. The number of carbonyl (C=O) groups excluding carboxylic acids is 1. The van der Waals surface area contributed by atoms with Gasteiger partial charge in [0.25, 0.3) is 5.91 Å². The van der Waals surface area contributed by atoms with Crippen LogP contribution in [0.1, 0.15) is 22.3 Å². The molecule has 7 heteroatoms. The van der Waals surface area contributed by atoms with E-state index in [2.05, 4.69) is 38.3 Å². The van der Waals surface area contributed by atoms with E-state index in [0.29, 0.717) is 18.7 Å². The molecule has 1 aromatic heterocycles. The molecule has 1 aliphatic rings. The lowest BCUT2D eigenvalue weighted by Crippen LogP contribution is -2.46. The number of benzene rings is 2. The van der Waals surface area contributed by atoms with Gasteiger partial charge in [0.15, 0.2) is 0 Å². The average molecular weight is 465 g/mol. The van der Waals surface area contributed by atoms with Crippen molar-refractivity contribution in [2.45, 2.75) is 13.0 Å². The molecule has 172 valence electrons. The first-order valence-electron chi connectivity index (χ1n) is 11.3. The van der Waals surface area contributed by atoms with Crippen LogP contribution >= 0.6 is 11.6 Å². The van der Waals surface area contributed by atoms with Gasteiger partial charge in [-0.1, -0.05) is 35.9 Å². The lowest BCUT2D eigenvalue weighted by molar-refractivity contribution is 0.0951. The maximum absolute atomic E-state index is 12.0. The van der Waals surface area contributed by atoms with E-state index >= 15 is 0 Å². The zero-order valence-corrected chi connectivity index (χ0v) is 19.4. The highest BCUT2D eigenvalue weighted by molar-refractivity contribution is 6.33. The summed E-state index contributed by atoms with van der Waals surface area (Å²) in [5.74, 6) is 0.737. The van der Waals surface area contributed by atoms with Gasteiger partial charge in [0.05, 0.1) is 22.9 Å². The van der Waals surface area contributed by atoms with Crippen LogP contribution in [0, 0.1) is 0 Å². The Labute approximate surface area is 200 Å². The monoisotopic (exact) mass is 464 g/mol. The summed E-state index contributed by atoms with van der Waals surface area (Å²) in [5, 5.41) is 3.70. The van der Waals surface area contributed by atoms with E-state index in [1.807, 2.05) is 30.3 Å². The van der Waals surface area contributed by atoms with Crippen molar-refractivity contribution in [1.29, 1.82) is 0 Å². The molecule has 6 nitrogen and oxygen atoms in total. The second kappa shape index (κ2) is 11.7. The lowest BCUT2D eigenvalue weighted by atomic mass is 10.2. The molecule has 2 heterocycles. The summed E-state index contributed by atoms with van der Waals surface area (Å²) in [6, 6.07) is 19.8. The van der Waals surface area contributed by atoms with Crippen LogP contribution in [-0.2, 0) is 6.54 Å². The van der Waals surface area contributed by atoms with Crippen LogP contribution in [0.2, 0.25) is 5.02 Å². The highest BCUT2D eigenvalue weighted by Gasteiger charge is 2.18. The Bertz CT molecular complexity index is 1020. The summed E-state index contributed by atoms with van der Waals surface area (Å²) in [6.45, 7) is 6.01. The molecular formula is C26H29ClN4O2. The van der Waals surface area contributed by atoms with Gasteiger partial charge < -0.3 is 15.0 Å². The predicted octanol–water partition coefficient (Wildman–Crippen LogP) is 4.26. The number of aromatic nitrogens is 1. The maximum atomic E-state index is 12.0. The fourth-order valence-corrected chi connectivity index (χ4v) is 4.12. The van der Waals surface area contributed by atoms with Crippen LogP contribution in [-0.4, -0.2) is 55.1 Å². The number of piperazine rings is 1. The number of anilines is 1. The van der Waals surface area contributed by atoms with E-state index in [9.17, 15) is 4.79 Å². The fraction of sp³-hybridized carbons (Fsp3) is 0.308. The number of para-hydroxylation sites is 1. The number of rotatable bonds is 9. The number of halogens is 1. The minimum Gasteiger partial charge on any atom is -0.494 e. The quantitative estimate of drug-likeness (QED) is 0.479. The summed E-state index contributed by atoms with van der Waals surface area (Å²) in [4.78, 5) is 20.8. The zero-order chi connectivity index (χ0) is 22.9. The van der Waals surface area contributed by atoms with Crippen LogP contribution in [0.5, 0.6) is 5.75 Å². The molecule has 0 spiro atoms. The minimum atomic E-state index is -0.111. The van der Waals surface area contributed by atoms with Gasteiger partial charge in [0.1, 0.15) is 5.75 Å². The molecule has 1 aliphatic heterocycles. The number of amides is 1. The SMILES string of the molecule is O=C(NCCCOc1ccc(CN2CCN(c3ccccc3Cl)CC2)cc1)c1cccnc1. The topological polar surface area (TPSA) is 57.7 Å². The molecule has 1 saturated heterocycles. The number of nitrogens with zero attached hydrogens (tertiary/aromatic N) is 3. The Morgan fingerprint density at radius 1 is 1.00 bits per heavy atom. The zero-order valence-electron chi connectivity index (χ0n) is 18.6. The Balaban J connectivity index is 1.14.